The lowest BCUT2D eigenvalue weighted by Crippen LogP contribution is -2.11. The molecule has 7 heteroatoms. The predicted molar refractivity (Wildman–Crippen MR) is 118 cm³/mol. The van der Waals surface area contributed by atoms with E-state index in [0.717, 1.165) is 20.8 Å². The first-order valence-corrected chi connectivity index (χ1v) is 10.1. The molecule has 0 amide bonds. The van der Waals surface area contributed by atoms with Gasteiger partial charge in [0.1, 0.15) is 5.76 Å². The summed E-state index contributed by atoms with van der Waals surface area (Å²) in [5, 5.41) is 1.63. The maximum absolute atomic E-state index is 12.4. The van der Waals surface area contributed by atoms with Crippen LogP contribution in [0.1, 0.15) is 17.1 Å². The Hall–Kier alpha value is -3.22. The van der Waals surface area contributed by atoms with Crippen LogP contribution in [0, 0.1) is 6.92 Å². The van der Waals surface area contributed by atoms with Crippen molar-refractivity contribution in [3.8, 4) is 10.8 Å². The molecule has 0 atom stereocenters. The van der Waals surface area contributed by atoms with Crippen LogP contribution in [0.25, 0.3) is 43.0 Å². The summed E-state index contributed by atoms with van der Waals surface area (Å²) in [4.78, 5) is 24.2. The van der Waals surface area contributed by atoms with Gasteiger partial charge in [-0.15, -0.1) is 11.3 Å². The number of aryl methyl sites for hydroxylation is 1. The molecular weight excluding hydrogens is 406 g/mol. The van der Waals surface area contributed by atoms with Crippen molar-refractivity contribution in [1.82, 2.24) is 15.0 Å². The summed E-state index contributed by atoms with van der Waals surface area (Å²) in [6.45, 7) is 1.91. The summed E-state index contributed by atoms with van der Waals surface area (Å²) < 4.78 is 7.00. The number of fused-ring (bicyclic) bond motifs is 2. The second-order valence-corrected chi connectivity index (χ2v) is 8.00. The van der Waals surface area contributed by atoms with E-state index in [2.05, 4.69) is 15.0 Å². The summed E-state index contributed by atoms with van der Waals surface area (Å²) in [6.07, 6.45) is 1.64. The summed E-state index contributed by atoms with van der Waals surface area (Å²) in [7, 11) is 0. The van der Waals surface area contributed by atoms with Crippen molar-refractivity contribution in [1.29, 1.82) is 0 Å². The number of thiazole rings is 1. The van der Waals surface area contributed by atoms with Crippen molar-refractivity contribution in [3.63, 3.8) is 0 Å². The van der Waals surface area contributed by atoms with E-state index in [0.29, 0.717) is 28.2 Å². The zero-order valence-corrected chi connectivity index (χ0v) is 16.8. The van der Waals surface area contributed by atoms with E-state index in [1.807, 2.05) is 55.5 Å². The van der Waals surface area contributed by atoms with E-state index < -0.39 is 0 Å². The first kappa shape index (κ1) is 17.8. The second-order valence-electron chi connectivity index (χ2n) is 6.57. The van der Waals surface area contributed by atoms with Crippen molar-refractivity contribution >= 4 is 55.2 Å². The van der Waals surface area contributed by atoms with Gasteiger partial charge >= 0.3 is 0 Å². The summed E-state index contributed by atoms with van der Waals surface area (Å²) in [5.41, 5.74) is 2.25. The number of hydrogen-bond donors (Lipinski definition) is 1. The van der Waals surface area contributed by atoms with Gasteiger partial charge in [-0.3, -0.25) is 4.79 Å². The van der Waals surface area contributed by atoms with Gasteiger partial charge in [0, 0.05) is 6.08 Å². The SMILES string of the molecule is Cc1cccc2c(=O)[nH]c(/C(Cl)=C/c3ccc(-c4nc5ccccc5s4)o3)nc12. The molecule has 0 spiro atoms. The highest BCUT2D eigenvalue weighted by molar-refractivity contribution is 7.21. The van der Waals surface area contributed by atoms with Crippen LogP contribution in [0.15, 0.2) is 63.8 Å². The molecule has 0 saturated carbocycles. The van der Waals surface area contributed by atoms with Gasteiger partial charge in [-0.05, 0) is 42.8 Å². The lowest BCUT2D eigenvalue weighted by Gasteiger charge is -2.04. The van der Waals surface area contributed by atoms with Gasteiger partial charge in [0.15, 0.2) is 16.6 Å². The zero-order chi connectivity index (χ0) is 20.0. The first-order chi connectivity index (χ1) is 14.1. The van der Waals surface area contributed by atoms with Gasteiger partial charge in [0.25, 0.3) is 5.56 Å². The minimum Gasteiger partial charge on any atom is -0.454 e. The van der Waals surface area contributed by atoms with Gasteiger partial charge in [-0.25, -0.2) is 9.97 Å². The highest BCUT2D eigenvalue weighted by Gasteiger charge is 2.12. The van der Waals surface area contributed by atoms with Crippen molar-refractivity contribution < 1.29 is 4.42 Å². The molecule has 0 saturated heterocycles. The lowest BCUT2D eigenvalue weighted by molar-refractivity contribution is 0.571. The molecule has 0 aliphatic carbocycles. The van der Waals surface area contributed by atoms with Crippen LogP contribution in [0.2, 0.25) is 0 Å². The predicted octanol–water partition coefficient (Wildman–Crippen LogP) is 5.84. The number of para-hydroxylation sites is 2. The molecule has 5 aromatic rings. The molecule has 0 bridgehead atoms. The van der Waals surface area contributed by atoms with E-state index in [4.69, 9.17) is 16.0 Å². The van der Waals surface area contributed by atoms with E-state index in [-0.39, 0.29) is 10.6 Å². The summed E-state index contributed by atoms with van der Waals surface area (Å²) in [6, 6.07) is 17.1. The molecule has 0 fully saturated rings. The number of furan rings is 1. The maximum Gasteiger partial charge on any atom is 0.259 e. The number of nitrogens with one attached hydrogen (secondary N) is 1. The maximum atomic E-state index is 12.4. The van der Waals surface area contributed by atoms with Crippen LogP contribution in [-0.2, 0) is 0 Å². The fraction of sp³-hybridized carbons (Fsp3) is 0.0455. The number of halogens is 1. The Kier molecular flexibility index (Phi) is 4.30. The average Bonchev–Trinajstić information content (AvgIpc) is 3.35. The third-order valence-corrected chi connectivity index (χ3v) is 5.90. The second kappa shape index (κ2) is 6.99. The normalized spacial score (nSPS) is 12.1. The smallest absolute Gasteiger partial charge is 0.259 e. The molecule has 142 valence electrons. The minimum absolute atomic E-state index is 0.227. The van der Waals surface area contributed by atoms with Crippen LogP contribution in [0.4, 0.5) is 0 Å². The highest BCUT2D eigenvalue weighted by Crippen LogP contribution is 2.32. The standard InChI is InChI=1S/C22H14ClN3O2S/c1-12-5-4-6-14-19(12)25-20(26-21(14)27)15(23)11-13-9-10-17(28-13)22-24-16-7-2-3-8-18(16)29-22/h2-11H,1H3,(H,25,26,27)/b15-11-. The van der Waals surface area contributed by atoms with Crippen molar-refractivity contribution in [2.24, 2.45) is 0 Å². The Bertz CT molecular complexity index is 1430. The van der Waals surface area contributed by atoms with Crippen LogP contribution in [-0.4, -0.2) is 15.0 Å². The Morgan fingerprint density at radius 1 is 1.10 bits per heavy atom. The first-order valence-electron chi connectivity index (χ1n) is 8.91. The molecule has 0 aliphatic rings. The molecule has 5 nitrogen and oxygen atoms in total. The minimum atomic E-state index is -0.227. The molecule has 3 aromatic heterocycles. The molecule has 5 rings (SSSR count). The molecule has 3 heterocycles. The van der Waals surface area contributed by atoms with Crippen LogP contribution in [0.5, 0.6) is 0 Å². The van der Waals surface area contributed by atoms with Gasteiger partial charge in [0.2, 0.25) is 0 Å². The zero-order valence-electron chi connectivity index (χ0n) is 15.3. The molecule has 29 heavy (non-hydrogen) atoms. The molecular formula is C22H14ClN3O2S. The lowest BCUT2D eigenvalue weighted by atomic mass is 10.1. The number of aromatic nitrogens is 3. The summed E-state index contributed by atoms with van der Waals surface area (Å²) in [5.74, 6) is 1.52. The van der Waals surface area contributed by atoms with E-state index >= 15 is 0 Å². The van der Waals surface area contributed by atoms with Gasteiger partial charge < -0.3 is 9.40 Å². The summed E-state index contributed by atoms with van der Waals surface area (Å²) >= 11 is 8.01. The van der Waals surface area contributed by atoms with Gasteiger partial charge in [-0.1, -0.05) is 35.9 Å². The Morgan fingerprint density at radius 2 is 1.97 bits per heavy atom. The third kappa shape index (κ3) is 3.26. The van der Waals surface area contributed by atoms with Crippen molar-refractivity contribution in [2.75, 3.05) is 0 Å². The monoisotopic (exact) mass is 419 g/mol. The number of rotatable bonds is 3. The van der Waals surface area contributed by atoms with Crippen molar-refractivity contribution in [2.45, 2.75) is 6.92 Å². The highest BCUT2D eigenvalue weighted by atomic mass is 35.5. The fourth-order valence-corrected chi connectivity index (χ4v) is 4.26. The Balaban J connectivity index is 1.52. The number of H-pyrrole nitrogens is 1. The Labute approximate surface area is 174 Å². The quantitative estimate of drug-likeness (QED) is 0.399. The van der Waals surface area contributed by atoms with Crippen LogP contribution in [0.3, 0.4) is 0 Å². The average molecular weight is 420 g/mol. The van der Waals surface area contributed by atoms with E-state index in [1.54, 1.807) is 23.5 Å². The van der Waals surface area contributed by atoms with E-state index in [1.165, 1.54) is 0 Å². The molecule has 1 N–H and O–H groups in total. The third-order valence-electron chi connectivity index (χ3n) is 4.56. The molecule has 0 radical (unpaired) electrons. The molecule has 0 aliphatic heterocycles. The van der Waals surface area contributed by atoms with Crippen LogP contribution < -0.4 is 5.56 Å². The number of benzene rings is 2. The largest absolute Gasteiger partial charge is 0.454 e. The van der Waals surface area contributed by atoms with Gasteiger partial charge in [-0.2, -0.15) is 0 Å². The topological polar surface area (TPSA) is 71.8 Å². The fourth-order valence-electron chi connectivity index (χ4n) is 3.13. The molecule has 2 aromatic carbocycles. The van der Waals surface area contributed by atoms with Gasteiger partial charge in [0.05, 0.1) is 26.2 Å². The van der Waals surface area contributed by atoms with E-state index in [9.17, 15) is 4.79 Å². The number of nitrogens with zero attached hydrogens (tertiary/aromatic N) is 2. The Morgan fingerprint density at radius 3 is 2.83 bits per heavy atom. The molecule has 0 unspecified atom stereocenters. The number of hydrogen-bond acceptors (Lipinski definition) is 5. The number of aromatic amines is 1. The van der Waals surface area contributed by atoms with Crippen molar-refractivity contribution in [3.05, 3.63) is 82.1 Å². The van der Waals surface area contributed by atoms with Crippen LogP contribution >= 0.6 is 22.9 Å².